The van der Waals surface area contributed by atoms with Gasteiger partial charge in [0.05, 0.1) is 0 Å². The third-order valence-corrected chi connectivity index (χ3v) is 2.28. The van der Waals surface area contributed by atoms with Gasteiger partial charge in [0.1, 0.15) is 5.82 Å². The first-order valence-electron chi connectivity index (χ1n) is 4.96. The van der Waals surface area contributed by atoms with Crippen molar-refractivity contribution in [2.45, 2.75) is 19.8 Å². The smallest absolute Gasteiger partial charge is 0.224 e. The van der Waals surface area contributed by atoms with Crippen molar-refractivity contribution in [3.8, 4) is 0 Å². The Morgan fingerprint density at radius 1 is 1.38 bits per heavy atom. The molecule has 6 heteroatoms. The van der Waals surface area contributed by atoms with Crippen LogP contribution in [0.2, 0.25) is 5.28 Å². The molecule has 0 fully saturated rings. The zero-order chi connectivity index (χ0) is 11.5. The van der Waals surface area contributed by atoms with Gasteiger partial charge in [-0.3, -0.25) is 5.10 Å². The molecule has 0 aliphatic rings. The highest BCUT2D eigenvalue weighted by Gasteiger charge is 2.05. The average Bonchev–Trinajstić information content (AvgIpc) is 2.66. The van der Waals surface area contributed by atoms with Gasteiger partial charge in [-0.1, -0.05) is 13.8 Å². The van der Waals surface area contributed by atoms with Gasteiger partial charge < -0.3 is 5.32 Å². The van der Waals surface area contributed by atoms with Gasteiger partial charge in [0.15, 0.2) is 5.82 Å². The van der Waals surface area contributed by atoms with Crippen LogP contribution in [0.25, 0.3) is 0 Å². The molecule has 0 saturated heterocycles. The van der Waals surface area contributed by atoms with Crippen LogP contribution < -0.4 is 5.32 Å². The molecule has 0 bridgehead atoms. The predicted molar refractivity (Wildman–Crippen MR) is 63.0 cm³/mol. The van der Waals surface area contributed by atoms with E-state index in [9.17, 15) is 0 Å². The third kappa shape index (κ3) is 2.49. The molecule has 0 aromatic carbocycles. The monoisotopic (exact) mass is 237 g/mol. The number of anilines is 2. The van der Waals surface area contributed by atoms with Crippen LogP contribution in [0, 0.1) is 0 Å². The lowest BCUT2D eigenvalue weighted by Crippen LogP contribution is -1.94. The van der Waals surface area contributed by atoms with E-state index in [-0.39, 0.29) is 5.28 Å². The summed E-state index contributed by atoms with van der Waals surface area (Å²) < 4.78 is 0. The summed E-state index contributed by atoms with van der Waals surface area (Å²) in [4.78, 5) is 7.81. The van der Waals surface area contributed by atoms with Crippen LogP contribution in [0.15, 0.2) is 18.3 Å². The topological polar surface area (TPSA) is 66.5 Å². The van der Waals surface area contributed by atoms with Crippen molar-refractivity contribution in [3.05, 3.63) is 29.3 Å². The number of aromatic nitrogens is 4. The Morgan fingerprint density at radius 3 is 2.81 bits per heavy atom. The van der Waals surface area contributed by atoms with Crippen LogP contribution in [0.4, 0.5) is 11.6 Å². The van der Waals surface area contributed by atoms with Gasteiger partial charge in [-0.15, -0.1) is 0 Å². The Kier molecular flexibility index (Phi) is 3.05. The highest BCUT2D eigenvalue weighted by molar-refractivity contribution is 6.28. The molecule has 0 aliphatic heterocycles. The summed E-state index contributed by atoms with van der Waals surface area (Å²) in [6, 6.07) is 3.68. The summed E-state index contributed by atoms with van der Waals surface area (Å²) in [5, 5.41) is 10.3. The predicted octanol–water partition coefficient (Wildman–Crippen LogP) is 2.72. The second-order valence-corrected chi connectivity index (χ2v) is 4.04. The van der Waals surface area contributed by atoms with Crippen LogP contribution in [0.5, 0.6) is 0 Å². The first kappa shape index (κ1) is 10.9. The normalized spacial score (nSPS) is 10.8. The van der Waals surface area contributed by atoms with Crippen molar-refractivity contribution >= 4 is 23.2 Å². The van der Waals surface area contributed by atoms with Gasteiger partial charge in [0, 0.05) is 18.0 Å². The van der Waals surface area contributed by atoms with Crippen molar-refractivity contribution < 1.29 is 0 Å². The Labute approximate surface area is 98.3 Å². The number of aromatic amines is 1. The Bertz CT molecular complexity index is 480. The highest BCUT2D eigenvalue weighted by Crippen LogP contribution is 2.18. The summed E-state index contributed by atoms with van der Waals surface area (Å²) in [5.41, 5.74) is 1.07. The molecule has 0 unspecified atom stereocenters. The number of rotatable bonds is 3. The summed E-state index contributed by atoms with van der Waals surface area (Å²) in [6.07, 6.45) is 1.59. The summed E-state index contributed by atoms with van der Waals surface area (Å²) >= 11 is 5.68. The molecule has 0 amide bonds. The first-order chi connectivity index (χ1) is 7.65. The fourth-order valence-electron chi connectivity index (χ4n) is 1.23. The highest BCUT2D eigenvalue weighted by atomic mass is 35.5. The SMILES string of the molecule is CC(C)c1cc(Nc2ccnc(Cl)n2)n[nH]1. The first-order valence-corrected chi connectivity index (χ1v) is 5.34. The number of hydrogen-bond acceptors (Lipinski definition) is 4. The van der Waals surface area contributed by atoms with Gasteiger partial charge in [-0.25, -0.2) is 9.97 Å². The largest absolute Gasteiger partial charge is 0.323 e. The van der Waals surface area contributed by atoms with E-state index in [2.05, 4.69) is 39.3 Å². The molecular formula is C10H12ClN5. The van der Waals surface area contributed by atoms with Crippen LogP contribution in [-0.4, -0.2) is 20.2 Å². The van der Waals surface area contributed by atoms with Crippen LogP contribution >= 0.6 is 11.6 Å². The number of halogens is 1. The standard InChI is InChI=1S/C10H12ClN5/c1-6(2)7-5-9(16-15-7)13-8-3-4-12-10(11)14-8/h3-6H,1-2H3,(H2,12,13,14,15,16). The molecule has 84 valence electrons. The van der Waals surface area contributed by atoms with Gasteiger partial charge in [0.25, 0.3) is 0 Å². The molecule has 5 nitrogen and oxygen atoms in total. The van der Waals surface area contributed by atoms with Crippen LogP contribution in [-0.2, 0) is 0 Å². The average molecular weight is 238 g/mol. The lowest BCUT2D eigenvalue weighted by molar-refractivity contribution is 0.811. The molecule has 0 atom stereocenters. The second kappa shape index (κ2) is 4.49. The fraction of sp³-hybridized carbons (Fsp3) is 0.300. The quantitative estimate of drug-likeness (QED) is 0.806. The van der Waals surface area contributed by atoms with Crippen molar-refractivity contribution in [2.24, 2.45) is 0 Å². The number of nitrogens with one attached hydrogen (secondary N) is 2. The Morgan fingerprint density at radius 2 is 2.19 bits per heavy atom. The number of H-pyrrole nitrogens is 1. The van der Waals surface area contributed by atoms with E-state index in [1.54, 1.807) is 12.3 Å². The molecule has 2 heterocycles. The second-order valence-electron chi connectivity index (χ2n) is 3.70. The molecule has 2 aromatic rings. The Hall–Kier alpha value is -1.62. The van der Waals surface area contributed by atoms with Crippen molar-refractivity contribution in [1.29, 1.82) is 0 Å². The van der Waals surface area contributed by atoms with Gasteiger partial charge >= 0.3 is 0 Å². The third-order valence-electron chi connectivity index (χ3n) is 2.10. The maximum atomic E-state index is 5.68. The van der Waals surface area contributed by atoms with Gasteiger partial charge in [0.2, 0.25) is 5.28 Å². The van der Waals surface area contributed by atoms with Crippen LogP contribution in [0.1, 0.15) is 25.5 Å². The molecule has 16 heavy (non-hydrogen) atoms. The summed E-state index contributed by atoms with van der Waals surface area (Å²) in [5.74, 6) is 1.76. The van der Waals surface area contributed by atoms with E-state index in [0.29, 0.717) is 11.7 Å². The molecular weight excluding hydrogens is 226 g/mol. The zero-order valence-electron chi connectivity index (χ0n) is 9.03. The molecule has 0 spiro atoms. The molecule has 2 rings (SSSR count). The maximum Gasteiger partial charge on any atom is 0.224 e. The molecule has 0 saturated carbocycles. The molecule has 2 N–H and O–H groups in total. The van der Waals surface area contributed by atoms with Crippen molar-refractivity contribution in [1.82, 2.24) is 20.2 Å². The van der Waals surface area contributed by atoms with Gasteiger partial charge in [-0.2, -0.15) is 5.10 Å². The van der Waals surface area contributed by atoms with E-state index >= 15 is 0 Å². The summed E-state index contributed by atoms with van der Waals surface area (Å²) in [7, 11) is 0. The lowest BCUT2D eigenvalue weighted by Gasteiger charge is -2.00. The maximum absolute atomic E-state index is 5.68. The van der Waals surface area contributed by atoms with Gasteiger partial charge in [-0.05, 0) is 23.6 Å². The fourth-order valence-corrected chi connectivity index (χ4v) is 1.38. The molecule has 2 aromatic heterocycles. The Balaban J connectivity index is 2.14. The summed E-state index contributed by atoms with van der Waals surface area (Å²) in [6.45, 7) is 4.19. The minimum atomic E-state index is 0.213. The molecule has 0 radical (unpaired) electrons. The van der Waals surface area contributed by atoms with Crippen LogP contribution in [0.3, 0.4) is 0 Å². The van der Waals surface area contributed by atoms with E-state index in [1.165, 1.54) is 0 Å². The van der Waals surface area contributed by atoms with Crippen molar-refractivity contribution in [3.63, 3.8) is 0 Å². The van der Waals surface area contributed by atoms with Crippen molar-refractivity contribution in [2.75, 3.05) is 5.32 Å². The lowest BCUT2D eigenvalue weighted by atomic mass is 10.1. The number of hydrogen-bond donors (Lipinski definition) is 2. The van der Waals surface area contributed by atoms with E-state index in [1.807, 2.05) is 6.07 Å². The minimum absolute atomic E-state index is 0.213. The van der Waals surface area contributed by atoms with E-state index < -0.39 is 0 Å². The van der Waals surface area contributed by atoms with E-state index in [4.69, 9.17) is 11.6 Å². The van der Waals surface area contributed by atoms with E-state index in [0.717, 1.165) is 11.5 Å². The molecule has 0 aliphatic carbocycles. The minimum Gasteiger partial charge on any atom is -0.323 e. The zero-order valence-corrected chi connectivity index (χ0v) is 9.78. The number of nitrogens with zero attached hydrogens (tertiary/aromatic N) is 3.